The normalized spacial score (nSPS) is 10.8. The molecular formula is C20H20N2OS. The van der Waals surface area contributed by atoms with Crippen LogP contribution in [0.5, 0.6) is 0 Å². The standard InChI is InChI=1S/C20H20N2OS/c1-14-8-9-19-17(12-14)18(13-15(2)22-19)20(23)21-10-11-24-16-6-4-3-5-7-16/h3-9,12-13H,10-11H2,1-2H3,(H,21,23). The maximum Gasteiger partial charge on any atom is 0.252 e. The van der Waals surface area contributed by atoms with Gasteiger partial charge in [0.25, 0.3) is 5.91 Å². The second-order valence-corrected chi connectivity index (χ2v) is 6.92. The summed E-state index contributed by atoms with van der Waals surface area (Å²) in [4.78, 5) is 18.3. The summed E-state index contributed by atoms with van der Waals surface area (Å²) in [7, 11) is 0. The maximum absolute atomic E-state index is 12.6. The summed E-state index contributed by atoms with van der Waals surface area (Å²) in [5.41, 5.74) is 3.55. The number of thioether (sulfide) groups is 1. The van der Waals surface area contributed by atoms with E-state index in [0.717, 1.165) is 27.9 Å². The molecule has 0 bridgehead atoms. The third kappa shape index (κ3) is 3.95. The van der Waals surface area contributed by atoms with Crippen LogP contribution in [0.3, 0.4) is 0 Å². The summed E-state index contributed by atoms with van der Waals surface area (Å²) in [6.45, 7) is 4.58. The van der Waals surface area contributed by atoms with Crippen molar-refractivity contribution in [2.75, 3.05) is 12.3 Å². The summed E-state index contributed by atoms with van der Waals surface area (Å²) < 4.78 is 0. The van der Waals surface area contributed by atoms with Gasteiger partial charge >= 0.3 is 0 Å². The van der Waals surface area contributed by atoms with Gasteiger partial charge in [0.05, 0.1) is 11.1 Å². The number of fused-ring (bicyclic) bond motifs is 1. The van der Waals surface area contributed by atoms with Crippen LogP contribution in [0.1, 0.15) is 21.6 Å². The van der Waals surface area contributed by atoms with Crippen molar-refractivity contribution in [2.45, 2.75) is 18.7 Å². The highest BCUT2D eigenvalue weighted by atomic mass is 32.2. The Kier molecular flexibility index (Phi) is 5.16. The number of pyridine rings is 1. The predicted molar refractivity (Wildman–Crippen MR) is 101 cm³/mol. The number of rotatable bonds is 5. The number of benzene rings is 2. The van der Waals surface area contributed by atoms with Gasteiger partial charge in [-0.15, -0.1) is 11.8 Å². The Hall–Kier alpha value is -2.33. The van der Waals surface area contributed by atoms with Gasteiger partial charge in [-0.2, -0.15) is 0 Å². The van der Waals surface area contributed by atoms with Gasteiger partial charge in [-0.3, -0.25) is 9.78 Å². The molecule has 1 heterocycles. The number of carbonyl (C=O) groups excluding carboxylic acids is 1. The maximum atomic E-state index is 12.6. The molecule has 3 rings (SSSR count). The molecule has 0 spiro atoms. The topological polar surface area (TPSA) is 42.0 Å². The second-order valence-electron chi connectivity index (χ2n) is 5.75. The Morgan fingerprint density at radius 2 is 1.88 bits per heavy atom. The van der Waals surface area contributed by atoms with Crippen molar-refractivity contribution < 1.29 is 4.79 Å². The van der Waals surface area contributed by atoms with E-state index in [1.54, 1.807) is 11.8 Å². The van der Waals surface area contributed by atoms with Gasteiger partial charge in [0.15, 0.2) is 0 Å². The minimum atomic E-state index is -0.0373. The van der Waals surface area contributed by atoms with Gasteiger partial charge in [-0.25, -0.2) is 0 Å². The molecule has 0 fully saturated rings. The number of nitrogens with zero attached hydrogens (tertiary/aromatic N) is 1. The van der Waals surface area contributed by atoms with Gasteiger partial charge in [0.2, 0.25) is 0 Å². The first-order chi connectivity index (χ1) is 11.6. The molecule has 0 aliphatic heterocycles. The average molecular weight is 336 g/mol. The van der Waals surface area contributed by atoms with E-state index in [0.29, 0.717) is 12.1 Å². The highest BCUT2D eigenvalue weighted by Crippen LogP contribution is 2.20. The first-order valence-corrected chi connectivity index (χ1v) is 8.96. The smallest absolute Gasteiger partial charge is 0.252 e. The van der Waals surface area contributed by atoms with Crippen LogP contribution >= 0.6 is 11.8 Å². The SMILES string of the molecule is Cc1ccc2nc(C)cc(C(=O)NCCSc3ccccc3)c2c1. The highest BCUT2D eigenvalue weighted by molar-refractivity contribution is 7.99. The highest BCUT2D eigenvalue weighted by Gasteiger charge is 2.11. The molecule has 0 atom stereocenters. The van der Waals surface area contributed by atoms with E-state index in [2.05, 4.69) is 22.4 Å². The monoisotopic (exact) mass is 336 g/mol. The van der Waals surface area contributed by atoms with Gasteiger partial charge < -0.3 is 5.32 Å². The Morgan fingerprint density at radius 3 is 2.67 bits per heavy atom. The Labute approximate surface area is 146 Å². The van der Waals surface area contributed by atoms with E-state index < -0.39 is 0 Å². The Balaban J connectivity index is 1.68. The van der Waals surface area contributed by atoms with Crippen LogP contribution in [0, 0.1) is 13.8 Å². The molecule has 0 radical (unpaired) electrons. The fourth-order valence-electron chi connectivity index (χ4n) is 2.61. The summed E-state index contributed by atoms with van der Waals surface area (Å²) in [5.74, 6) is 0.807. The van der Waals surface area contributed by atoms with Crippen molar-refractivity contribution in [3.8, 4) is 0 Å². The van der Waals surface area contributed by atoms with Gasteiger partial charge in [-0.1, -0.05) is 29.8 Å². The number of hydrogen-bond donors (Lipinski definition) is 1. The van der Waals surface area contributed by atoms with Crippen molar-refractivity contribution in [2.24, 2.45) is 0 Å². The molecule has 3 aromatic rings. The fourth-order valence-corrected chi connectivity index (χ4v) is 3.39. The number of carbonyl (C=O) groups is 1. The number of hydrogen-bond acceptors (Lipinski definition) is 3. The minimum absolute atomic E-state index is 0.0373. The first-order valence-electron chi connectivity index (χ1n) is 7.97. The molecule has 3 nitrogen and oxygen atoms in total. The van der Waals surface area contributed by atoms with Crippen LogP contribution in [0.2, 0.25) is 0 Å². The molecule has 24 heavy (non-hydrogen) atoms. The van der Waals surface area contributed by atoms with Crippen molar-refractivity contribution in [1.29, 1.82) is 0 Å². The lowest BCUT2D eigenvalue weighted by Crippen LogP contribution is -2.26. The molecule has 1 amide bonds. The van der Waals surface area contributed by atoms with Crippen LogP contribution in [0.4, 0.5) is 0 Å². The van der Waals surface area contributed by atoms with Crippen LogP contribution in [-0.2, 0) is 0 Å². The first kappa shape index (κ1) is 16.5. The minimum Gasteiger partial charge on any atom is -0.351 e. The largest absolute Gasteiger partial charge is 0.351 e. The van der Waals surface area contributed by atoms with Crippen LogP contribution in [-0.4, -0.2) is 23.2 Å². The van der Waals surface area contributed by atoms with Crippen molar-refractivity contribution in [1.82, 2.24) is 10.3 Å². The van der Waals surface area contributed by atoms with Crippen LogP contribution < -0.4 is 5.32 Å². The molecule has 0 aliphatic carbocycles. The number of aryl methyl sites for hydroxylation is 2. The molecule has 4 heteroatoms. The van der Waals surface area contributed by atoms with E-state index >= 15 is 0 Å². The number of nitrogens with one attached hydrogen (secondary N) is 1. The van der Waals surface area contributed by atoms with Gasteiger partial charge in [-0.05, 0) is 44.2 Å². The molecule has 1 aromatic heterocycles. The molecular weight excluding hydrogens is 316 g/mol. The van der Waals surface area contributed by atoms with E-state index in [9.17, 15) is 4.79 Å². The third-order valence-corrected chi connectivity index (χ3v) is 4.75. The molecule has 2 aromatic carbocycles. The molecule has 0 unspecified atom stereocenters. The Bertz CT molecular complexity index is 862. The zero-order valence-corrected chi connectivity index (χ0v) is 14.7. The summed E-state index contributed by atoms with van der Waals surface area (Å²) in [6.07, 6.45) is 0. The lowest BCUT2D eigenvalue weighted by atomic mass is 10.0. The van der Waals surface area contributed by atoms with Crippen molar-refractivity contribution in [3.05, 3.63) is 71.4 Å². The zero-order chi connectivity index (χ0) is 16.9. The van der Waals surface area contributed by atoms with Crippen LogP contribution in [0.15, 0.2) is 59.5 Å². The lowest BCUT2D eigenvalue weighted by molar-refractivity contribution is 0.0957. The Morgan fingerprint density at radius 1 is 1.08 bits per heavy atom. The summed E-state index contributed by atoms with van der Waals surface area (Å²) in [5, 5.41) is 3.93. The average Bonchev–Trinajstić information content (AvgIpc) is 2.59. The van der Waals surface area contributed by atoms with Gasteiger partial charge in [0.1, 0.15) is 0 Å². The van der Waals surface area contributed by atoms with E-state index in [1.165, 1.54) is 4.90 Å². The van der Waals surface area contributed by atoms with Crippen molar-refractivity contribution in [3.63, 3.8) is 0 Å². The van der Waals surface area contributed by atoms with Crippen molar-refractivity contribution >= 4 is 28.6 Å². The molecule has 0 saturated heterocycles. The quantitative estimate of drug-likeness (QED) is 0.555. The number of amides is 1. The second kappa shape index (κ2) is 7.49. The van der Waals surface area contributed by atoms with E-state index in [-0.39, 0.29) is 5.91 Å². The molecule has 1 N–H and O–H groups in total. The fraction of sp³-hybridized carbons (Fsp3) is 0.200. The van der Waals surface area contributed by atoms with E-state index in [4.69, 9.17) is 0 Å². The molecule has 0 aliphatic rings. The zero-order valence-electron chi connectivity index (χ0n) is 13.9. The number of aromatic nitrogens is 1. The summed E-state index contributed by atoms with van der Waals surface area (Å²) in [6, 6.07) is 18.1. The predicted octanol–water partition coefficient (Wildman–Crippen LogP) is 4.37. The summed E-state index contributed by atoms with van der Waals surface area (Å²) >= 11 is 1.74. The third-order valence-electron chi connectivity index (χ3n) is 3.74. The van der Waals surface area contributed by atoms with Crippen LogP contribution in [0.25, 0.3) is 10.9 Å². The lowest BCUT2D eigenvalue weighted by Gasteiger charge is -2.10. The molecule has 0 saturated carbocycles. The van der Waals surface area contributed by atoms with E-state index in [1.807, 2.05) is 56.3 Å². The van der Waals surface area contributed by atoms with Gasteiger partial charge in [0, 0.05) is 28.3 Å². The molecule has 122 valence electrons.